The summed E-state index contributed by atoms with van der Waals surface area (Å²) in [5.41, 5.74) is -0.861. The fourth-order valence-electron chi connectivity index (χ4n) is 2.79. The van der Waals surface area contributed by atoms with Crippen molar-refractivity contribution in [1.29, 1.82) is 0 Å². The van der Waals surface area contributed by atoms with Crippen LogP contribution in [0.5, 0.6) is 0 Å². The lowest BCUT2D eigenvalue weighted by Gasteiger charge is -2.42. The number of hydrogen-bond acceptors (Lipinski definition) is 5. The number of halogens is 3. The molecule has 1 aromatic heterocycles. The van der Waals surface area contributed by atoms with Crippen molar-refractivity contribution in [2.75, 3.05) is 37.6 Å². The largest absolute Gasteiger partial charge is 0.419 e. The molecule has 0 bridgehead atoms. The van der Waals surface area contributed by atoms with Crippen LogP contribution in [-0.4, -0.2) is 59.5 Å². The molecular formula is C14H18F3N5O. The van der Waals surface area contributed by atoms with Crippen LogP contribution in [0.2, 0.25) is 0 Å². The number of piperazine rings is 1. The summed E-state index contributed by atoms with van der Waals surface area (Å²) in [6.45, 7) is 4.92. The Labute approximate surface area is 131 Å². The zero-order valence-electron chi connectivity index (χ0n) is 12.7. The number of nitrogens with one attached hydrogen (secondary N) is 1. The molecule has 1 amide bonds. The summed E-state index contributed by atoms with van der Waals surface area (Å²) in [5.74, 6) is 0.461. The minimum absolute atomic E-state index is 0.0440. The first-order valence-electron chi connectivity index (χ1n) is 7.51. The smallest absolute Gasteiger partial charge is 0.339 e. The molecule has 3 heterocycles. The Morgan fingerprint density at radius 2 is 1.91 bits per heavy atom. The maximum Gasteiger partial charge on any atom is 0.419 e. The van der Waals surface area contributed by atoms with Gasteiger partial charge in [-0.25, -0.2) is 9.97 Å². The van der Waals surface area contributed by atoms with Gasteiger partial charge in [0.2, 0.25) is 11.9 Å². The van der Waals surface area contributed by atoms with Crippen molar-refractivity contribution >= 4 is 11.9 Å². The van der Waals surface area contributed by atoms with Gasteiger partial charge in [0.05, 0.1) is 11.5 Å². The molecular weight excluding hydrogens is 311 g/mol. The van der Waals surface area contributed by atoms with Gasteiger partial charge in [-0.05, 0) is 6.92 Å². The normalized spacial score (nSPS) is 22.9. The average molecular weight is 329 g/mol. The van der Waals surface area contributed by atoms with Gasteiger partial charge in [-0.15, -0.1) is 0 Å². The number of amides is 1. The molecule has 126 valence electrons. The molecule has 1 aromatic rings. The lowest BCUT2D eigenvalue weighted by Crippen LogP contribution is -2.59. The van der Waals surface area contributed by atoms with Gasteiger partial charge in [-0.3, -0.25) is 4.79 Å². The quantitative estimate of drug-likeness (QED) is 0.868. The van der Waals surface area contributed by atoms with E-state index in [2.05, 4.69) is 15.3 Å². The maximum absolute atomic E-state index is 12.6. The molecule has 0 saturated carbocycles. The minimum atomic E-state index is -4.44. The van der Waals surface area contributed by atoms with Crippen molar-refractivity contribution in [1.82, 2.24) is 20.2 Å². The van der Waals surface area contributed by atoms with E-state index in [-0.39, 0.29) is 23.8 Å². The summed E-state index contributed by atoms with van der Waals surface area (Å²) in [7, 11) is 0. The van der Waals surface area contributed by atoms with Crippen LogP contribution in [0.3, 0.4) is 0 Å². The second kappa shape index (κ2) is 5.95. The van der Waals surface area contributed by atoms with E-state index in [1.165, 1.54) is 0 Å². The molecule has 0 aromatic carbocycles. The van der Waals surface area contributed by atoms with Gasteiger partial charge in [0, 0.05) is 51.2 Å². The lowest BCUT2D eigenvalue weighted by atomic mass is 10.0. The Hall–Kier alpha value is -1.90. The molecule has 1 N–H and O–H groups in total. The Morgan fingerprint density at radius 3 is 2.39 bits per heavy atom. The highest BCUT2D eigenvalue weighted by molar-refractivity contribution is 5.80. The molecule has 9 heteroatoms. The summed E-state index contributed by atoms with van der Waals surface area (Å²) in [6, 6.07) is -0.0440. The van der Waals surface area contributed by atoms with E-state index in [0.717, 1.165) is 25.5 Å². The van der Waals surface area contributed by atoms with Crippen molar-refractivity contribution < 1.29 is 18.0 Å². The van der Waals surface area contributed by atoms with Crippen molar-refractivity contribution in [3.8, 4) is 0 Å². The van der Waals surface area contributed by atoms with E-state index in [1.807, 2.05) is 16.7 Å². The average Bonchev–Trinajstić information content (AvgIpc) is 2.44. The Balaban J connectivity index is 1.65. The second-order valence-corrected chi connectivity index (χ2v) is 5.95. The van der Waals surface area contributed by atoms with Crippen LogP contribution in [0.15, 0.2) is 12.4 Å². The van der Waals surface area contributed by atoms with E-state index in [4.69, 9.17) is 0 Å². The summed E-state index contributed by atoms with van der Waals surface area (Å²) in [4.78, 5) is 23.6. The van der Waals surface area contributed by atoms with Gasteiger partial charge >= 0.3 is 6.18 Å². The van der Waals surface area contributed by atoms with Gasteiger partial charge in [-0.1, -0.05) is 0 Å². The molecule has 2 aliphatic heterocycles. The van der Waals surface area contributed by atoms with Crippen molar-refractivity contribution in [3.63, 3.8) is 0 Å². The second-order valence-electron chi connectivity index (χ2n) is 5.95. The Morgan fingerprint density at radius 1 is 1.26 bits per heavy atom. The highest BCUT2D eigenvalue weighted by atomic mass is 19.4. The van der Waals surface area contributed by atoms with Crippen LogP contribution < -0.4 is 10.2 Å². The number of carbonyl (C=O) groups is 1. The molecule has 6 nitrogen and oxygen atoms in total. The molecule has 23 heavy (non-hydrogen) atoms. The number of anilines is 1. The summed E-state index contributed by atoms with van der Waals surface area (Å²) < 4.78 is 37.7. The maximum atomic E-state index is 12.6. The van der Waals surface area contributed by atoms with Crippen molar-refractivity contribution in [3.05, 3.63) is 18.0 Å². The number of alkyl halides is 3. The molecule has 2 saturated heterocycles. The zero-order valence-corrected chi connectivity index (χ0v) is 12.7. The first-order valence-corrected chi connectivity index (χ1v) is 7.51. The molecule has 2 aliphatic rings. The van der Waals surface area contributed by atoms with Gasteiger partial charge < -0.3 is 15.1 Å². The van der Waals surface area contributed by atoms with E-state index in [9.17, 15) is 18.0 Å². The molecule has 0 spiro atoms. The Bertz CT molecular complexity index is 573. The highest BCUT2D eigenvalue weighted by Gasteiger charge is 2.35. The number of aromatic nitrogens is 2. The van der Waals surface area contributed by atoms with Crippen LogP contribution in [0, 0.1) is 5.92 Å². The van der Waals surface area contributed by atoms with Crippen LogP contribution >= 0.6 is 0 Å². The molecule has 3 rings (SSSR count). The van der Waals surface area contributed by atoms with Gasteiger partial charge in [-0.2, -0.15) is 13.2 Å². The zero-order chi connectivity index (χ0) is 16.6. The predicted molar refractivity (Wildman–Crippen MR) is 76.8 cm³/mol. The van der Waals surface area contributed by atoms with Crippen LogP contribution in [0.25, 0.3) is 0 Å². The fraction of sp³-hybridized carbons (Fsp3) is 0.643. The molecule has 1 atom stereocenters. The number of hydrogen-bond donors (Lipinski definition) is 1. The highest BCUT2D eigenvalue weighted by Crippen LogP contribution is 2.28. The van der Waals surface area contributed by atoms with E-state index in [1.54, 1.807) is 0 Å². The summed E-state index contributed by atoms with van der Waals surface area (Å²) in [5, 5.41) is 3.07. The van der Waals surface area contributed by atoms with Gasteiger partial charge in [0.25, 0.3) is 0 Å². The third-order valence-corrected chi connectivity index (χ3v) is 4.29. The number of carbonyl (C=O) groups excluding carboxylic acids is 1. The van der Waals surface area contributed by atoms with E-state index < -0.39 is 11.7 Å². The number of nitrogens with zero attached hydrogens (tertiary/aromatic N) is 4. The van der Waals surface area contributed by atoms with Gasteiger partial charge in [0.15, 0.2) is 0 Å². The fourth-order valence-corrected chi connectivity index (χ4v) is 2.79. The monoisotopic (exact) mass is 329 g/mol. The van der Waals surface area contributed by atoms with Crippen LogP contribution in [-0.2, 0) is 11.0 Å². The summed E-state index contributed by atoms with van der Waals surface area (Å²) >= 11 is 0. The molecule has 0 aliphatic carbocycles. The third-order valence-electron chi connectivity index (χ3n) is 4.29. The standard InChI is InChI=1S/C14H18F3N5O/c1-9-8-21(12(23)10-4-18-5-10)2-3-22(9)13-19-6-11(7-20-13)14(15,16)17/h6-7,9-10,18H,2-5,8H2,1H3. The number of rotatable bonds is 2. The predicted octanol–water partition coefficient (Wildman–Crippen LogP) is 0.752. The lowest BCUT2D eigenvalue weighted by molar-refractivity contribution is -0.139. The third kappa shape index (κ3) is 3.24. The minimum Gasteiger partial charge on any atom is -0.339 e. The topological polar surface area (TPSA) is 61.4 Å². The van der Waals surface area contributed by atoms with Crippen molar-refractivity contribution in [2.24, 2.45) is 5.92 Å². The molecule has 0 radical (unpaired) electrons. The van der Waals surface area contributed by atoms with Gasteiger partial charge in [0.1, 0.15) is 0 Å². The van der Waals surface area contributed by atoms with Crippen LogP contribution in [0.1, 0.15) is 12.5 Å². The van der Waals surface area contributed by atoms with E-state index in [0.29, 0.717) is 19.6 Å². The summed E-state index contributed by atoms with van der Waals surface area (Å²) in [6.07, 6.45) is -2.84. The van der Waals surface area contributed by atoms with Crippen LogP contribution in [0.4, 0.5) is 19.1 Å². The Kier molecular flexibility index (Phi) is 4.13. The first kappa shape index (κ1) is 16.0. The first-order chi connectivity index (χ1) is 10.9. The van der Waals surface area contributed by atoms with E-state index >= 15 is 0 Å². The SMILES string of the molecule is CC1CN(C(=O)C2CNC2)CCN1c1ncc(C(F)(F)F)cn1. The molecule has 2 fully saturated rings. The van der Waals surface area contributed by atoms with Crippen molar-refractivity contribution in [2.45, 2.75) is 19.1 Å². The molecule has 1 unspecified atom stereocenters.